The normalized spacial score (nSPS) is 13.6. The van der Waals surface area contributed by atoms with E-state index in [-0.39, 0.29) is 17.5 Å². The third-order valence-electron chi connectivity index (χ3n) is 2.37. The predicted octanol–water partition coefficient (Wildman–Crippen LogP) is 1.26. The maximum atomic E-state index is 11.8. The molecule has 1 aromatic rings. The summed E-state index contributed by atoms with van der Waals surface area (Å²) in [5, 5.41) is 0. The number of nitrogens with one attached hydrogen (secondary N) is 1. The number of rotatable bonds is 6. The Morgan fingerprint density at radius 2 is 1.88 bits per heavy atom. The van der Waals surface area contributed by atoms with Crippen LogP contribution in [0.5, 0.6) is 0 Å². The van der Waals surface area contributed by atoms with Crippen LogP contribution in [0, 0.1) is 0 Å². The second-order valence-corrected chi connectivity index (χ2v) is 5.99. The van der Waals surface area contributed by atoms with Crippen LogP contribution in [-0.4, -0.2) is 21.0 Å². The van der Waals surface area contributed by atoms with Crippen molar-refractivity contribution in [2.24, 2.45) is 5.73 Å². The van der Waals surface area contributed by atoms with Crippen LogP contribution in [0.1, 0.15) is 25.8 Å². The molecule has 0 aliphatic carbocycles. The van der Waals surface area contributed by atoms with Crippen LogP contribution in [0.15, 0.2) is 29.2 Å². The molecule has 96 valence electrons. The van der Waals surface area contributed by atoms with Crippen LogP contribution in [0.4, 0.5) is 0 Å². The Labute approximate surface area is 103 Å². The van der Waals surface area contributed by atoms with E-state index in [2.05, 4.69) is 11.6 Å². The van der Waals surface area contributed by atoms with E-state index in [0.29, 0.717) is 0 Å². The molecule has 0 bridgehead atoms. The highest BCUT2D eigenvalue weighted by atomic mass is 32.2. The number of hydrogen-bond donors (Lipinski definition) is 2. The van der Waals surface area contributed by atoms with Crippen molar-refractivity contribution in [3.05, 3.63) is 29.8 Å². The van der Waals surface area contributed by atoms with Crippen LogP contribution in [0.3, 0.4) is 0 Å². The maximum absolute atomic E-state index is 11.8. The summed E-state index contributed by atoms with van der Waals surface area (Å²) >= 11 is 0. The first kappa shape index (κ1) is 14.2. The monoisotopic (exact) mass is 256 g/mol. The smallest absolute Gasteiger partial charge is 0.240 e. The molecule has 1 atom stereocenters. The van der Waals surface area contributed by atoms with Gasteiger partial charge in [-0.1, -0.05) is 25.5 Å². The van der Waals surface area contributed by atoms with Crippen molar-refractivity contribution in [2.75, 3.05) is 6.54 Å². The van der Waals surface area contributed by atoms with Gasteiger partial charge in [0.2, 0.25) is 10.0 Å². The molecule has 0 aromatic heterocycles. The lowest BCUT2D eigenvalue weighted by molar-refractivity contribution is 0.574. The number of aryl methyl sites for hydroxylation is 1. The summed E-state index contributed by atoms with van der Waals surface area (Å²) in [6.07, 6.45) is 2.02. The predicted molar refractivity (Wildman–Crippen MR) is 69.3 cm³/mol. The van der Waals surface area contributed by atoms with E-state index >= 15 is 0 Å². The Kier molecular flexibility index (Phi) is 5.11. The molecule has 0 heterocycles. The lowest BCUT2D eigenvalue weighted by Crippen LogP contribution is -2.35. The highest BCUT2D eigenvalue weighted by Gasteiger charge is 2.13. The zero-order valence-corrected chi connectivity index (χ0v) is 11.1. The standard InChI is InChI=1S/C12H20N2O2S/c1-3-4-11-5-7-12(8-6-11)17(15,16)14-9-10(2)13/h5-8,10,14H,3-4,9,13H2,1-2H3. The van der Waals surface area contributed by atoms with Gasteiger partial charge in [-0.25, -0.2) is 13.1 Å². The van der Waals surface area contributed by atoms with Crippen LogP contribution in [-0.2, 0) is 16.4 Å². The molecule has 1 unspecified atom stereocenters. The molecule has 0 aliphatic heterocycles. The molecule has 1 aromatic carbocycles. The Bertz CT molecular complexity index is 438. The number of benzene rings is 1. The summed E-state index contributed by atoms with van der Waals surface area (Å²) < 4.78 is 26.2. The van der Waals surface area contributed by atoms with E-state index < -0.39 is 10.0 Å². The first-order valence-corrected chi connectivity index (χ1v) is 7.28. The van der Waals surface area contributed by atoms with Crippen molar-refractivity contribution in [3.63, 3.8) is 0 Å². The summed E-state index contributed by atoms with van der Waals surface area (Å²) in [6.45, 7) is 4.10. The Balaban J connectivity index is 2.77. The molecule has 3 N–H and O–H groups in total. The first-order chi connectivity index (χ1) is 7.95. The Hall–Kier alpha value is -0.910. The molecule has 0 radical (unpaired) electrons. The zero-order chi connectivity index (χ0) is 12.9. The molecule has 17 heavy (non-hydrogen) atoms. The molecule has 1 rings (SSSR count). The zero-order valence-electron chi connectivity index (χ0n) is 10.3. The van der Waals surface area contributed by atoms with Crippen LogP contribution in [0.25, 0.3) is 0 Å². The van der Waals surface area contributed by atoms with Gasteiger partial charge in [0, 0.05) is 12.6 Å². The third kappa shape index (κ3) is 4.46. The molecule has 5 heteroatoms. The summed E-state index contributed by atoms with van der Waals surface area (Å²) in [5.74, 6) is 0. The van der Waals surface area contributed by atoms with E-state index in [0.717, 1.165) is 18.4 Å². The van der Waals surface area contributed by atoms with Crippen molar-refractivity contribution in [1.29, 1.82) is 0 Å². The van der Waals surface area contributed by atoms with E-state index in [9.17, 15) is 8.42 Å². The van der Waals surface area contributed by atoms with E-state index in [1.807, 2.05) is 12.1 Å². The summed E-state index contributed by atoms with van der Waals surface area (Å²) in [5.41, 5.74) is 6.67. The molecule has 4 nitrogen and oxygen atoms in total. The summed E-state index contributed by atoms with van der Waals surface area (Å²) in [7, 11) is -3.42. The Morgan fingerprint density at radius 3 is 2.35 bits per heavy atom. The highest BCUT2D eigenvalue weighted by molar-refractivity contribution is 7.89. The van der Waals surface area contributed by atoms with Crippen molar-refractivity contribution >= 4 is 10.0 Å². The van der Waals surface area contributed by atoms with Gasteiger partial charge >= 0.3 is 0 Å². The SMILES string of the molecule is CCCc1ccc(S(=O)(=O)NCC(C)N)cc1. The molecular weight excluding hydrogens is 236 g/mol. The van der Waals surface area contributed by atoms with Gasteiger partial charge in [0.15, 0.2) is 0 Å². The molecule has 0 aliphatic rings. The van der Waals surface area contributed by atoms with Gasteiger partial charge in [0.05, 0.1) is 4.90 Å². The topological polar surface area (TPSA) is 72.2 Å². The number of sulfonamides is 1. The van der Waals surface area contributed by atoms with Gasteiger partial charge in [-0.3, -0.25) is 0 Å². The van der Waals surface area contributed by atoms with E-state index in [1.165, 1.54) is 0 Å². The molecule has 0 amide bonds. The van der Waals surface area contributed by atoms with Crippen LogP contribution < -0.4 is 10.5 Å². The highest BCUT2D eigenvalue weighted by Crippen LogP contribution is 2.11. The molecule has 0 spiro atoms. The van der Waals surface area contributed by atoms with Crippen LogP contribution >= 0.6 is 0 Å². The van der Waals surface area contributed by atoms with E-state index in [4.69, 9.17) is 5.73 Å². The van der Waals surface area contributed by atoms with Crippen molar-refractivity contribution in [1.82, 2.24) is 4.72 Å². The average molecular weight is 256 g/mol. The Morgan fingerprint density at radius 1 is 1.29 bits per heavy atom. The fraction of sp³-hybridized carbons (Fsp3) is 0.500. The third-order valence-corrected chi connectivity index (χ3v) is 3.81. The van der Waals surface area contributed by atoms with Gasteiger partial charge in [-0.05, 0) is 31.0 Å². The van der Waals surface area contributed by atoms with Crippen molar-refractivity contribution in [2.45, 2.75) is 37.6 Å². The second-order valence-electron chi connectivity index (χ2n) is 4.22. The van der Waals surface area contributed by atoms with Crippen LogP contribution in [0.2, 0.25) is 0 Å². The van der Waals surface area contributed by atoms with Gasteiger partial charge in [-0.15, -0.1) is 0 Å². The quantitative estimate of drug-likeness (QED) is 0.805. The number of nitrogens with two attached hydrogens (primary N) is 1. The number of hydrogen-bond acceptors (Lipinski definition) is 3. The largest absolute Gasteiger partial charge is 0.327 e. The van der Waals surface area contributed by atoms with Gasteiger partial charge in [0.1, 0.15) is 0 Å². The minimum atomic E-state index is -3.42. The minimum Gasteiger partial charge on any atom is -0.327 e. The average Bonchev–Trinajstić information content (AvgIpc) is 2.28. The van der Waals surface area contributed by atoms with Crippen molar-refractivity contribution < 1.29 is 8.42 Å². The maximum Gasteiger partial charge on any atom is 0.240 e. The van der Waals surface area contributed by atoms with Gasteiger partial charge in [0.25, 0.3) is 0 Å². The summed E-state index contributed by atoms with van der Waals surface area (Å²) in [4.78, 5) is 0.290. The first-order valence-electron chi connectivity index (χ1n) is 5.80. The lowest BCUT2D eigenvalue weighted by Gasteiger charge is -2.09. The summed E-state index contributed by atoms with van der Waals surface area (Å²) in [6, 6.07) is 6.78. The fourth-order valence-electron chi connectivity index (χ4n) is 1.45. The molecule has 0 saturated carbocycles. The molecule has 0 saturated heterocycles. The van der Waals surface area contributed by atoms with Gasteiger partial charge in [-0.2, -0.15) is 0 Å². The van der Waals surface area contributed by atoms with E-state index in [1.54, 1.807) is 19.1 Å². The molecular formula is C12H20N2O2S. The van der Waals surface area contributed by atoms with Gasteiger partial charge < -0.3 is 5.73 Å². The lowest BCUT2D eigenvalue weighted by atomic mass is 10.1. The molecule has 0 fully saturated rings. The minimum absolute atomic E-state index is 0.191. The second kappa shape index (κ2) is 6.14. The fourth-order valence-corrected chi connectivity index (χ4v) is 2.59. The van der Waals surface area contributed by atoms with Crippen molar-refractivity contribution in [3.8, 4) is 0 Å².